The summed E-state index contributed by atoms with van der Waals surface area (Å²) in [7, 11) is 0. The van der Waals surface area contributed by atoms with Crippen LogP contribution < -0.4 is 11.3 Å². The van der Waals surface area contributed by atoms with Crippen LogP contribution in [0.1, 0.15) is 39.5 Å². The van der Waals surface area contributed by atoms with E-state index in [2.05, 4.69) is 17.2 Å². The van der Waals surface area contributed by atoms with Gasteiger partial charge in [-0.05, 0) is 32.7 Å². The zero-order valence-corrected chi connectivity index (χ0v) is 9.12. The topological polar surface area (TPSA) is 58.4 Å². The van der Waals surface area contributed by atoms with Crippen LogP contribution in [0.2, 0.25) is 0 Å². The molecule has 4 nitrogen and oxygen atoms in total. The molecule has 0 aliphatic heterocycles. The predicted octanol–water partition coefficient (Wildman–Crippen LogP) is 0.629. The predicted molar refractivity (Wildman–Crippen MR) is 56.4 cm³/mol. The zero-order valence-electron chi connectivity index (χ0n) is 9.12. The second kappa shape index (κ2) is 5.32. The van der Waals surface area contributed by atoms with Crippen LogP contribution in [0.3, 0.4) is 0 Å². The van der Waals surface area contributed by atoms with Crippen LogP contribution in [0, 0.1) is 0 Å². The van der Waals surface area contributed by atoms with Crippen LogP contribution in [-0.2, 0) is 4.79 Å². The number of amides is 1. The van der Waals surface area contributed by atoms with Gasteiger partial charge >= 0.3 is 0 Å². The van der Waals surface area contributed by atoms with E-state index in [1.165, 1.54) is 19.3 Å². The molecule has 1 fully saturated rings. The van der Waals surface area contributed by atoms with Gasteiger partial charge in [0.15, 0.2) is 0 Å². The molecular weight excluding hydrogens is 178 g/mol. The summed E-state index contributed by atoms with van der Waals surface area (Å²) in [6, 6.07) is 0.535. The molecule has 4 heteroatoms. The summed E-state index contributed by atoms with van der Waals surface area (Å²) >= 11 is 0. The molecule has 0 aromatic heterocycles. The monoisotopic (exact) mass is 199 g/mol. The van der Waals surface area contributed by atoms with Gasteiger partial charge in [-0.1, -0.05) is 13.3 Å². The van der Waals surface area contributed by atoms with Crippen LogP contribution >= 0.6 is 0 Å². The number of hydrogen-bond acceptors (Lipinski definition) is 3. The van der Waals surface area contributed by atoms with E-state index in [9.17, 15) is 4.79 Å². The number of nitrogens with zero attached hydrogens (tertiary/aromatic N) is 1. The molecule has 0 saturated heterocycles. The van der Waals surface area contributed by atoms with Crippen LogP contribution in [0.15, 0.2) is 0 Å². The Kier molecular flexibility index (Phi) is 4.35. The first-order valence-corrected chi connectivity index (χ1v) is 5.47. The van der Waals surface area contributed by atoms with Crippen molar-refractivity contribution >= 4 is 5.91 Å². The number of nitrogens with two attached hydrogens (primary N) is 1. The summed E-state index contributed by atoms with van der Waals surface area (Å²) in [5.41, 5.74) is 2.22. The number of carbonyl (C=O) groups excluding carboxylic acids is 1. The Morgan fingerprint density at radius 1 is 1.64 bits per heavy atom. The van der Waals surface area contributed by atoms with Gasteiger partial charge in [0.1, 0.15) is 0 Å². The quantitative estimate of drug-likeness (QED) is 0.375. The Balaban J connectivity index is 2.43. The highest BCUT2D eigenvalue weighted by Gasteiger charge is 2.34. The molecule has 1 atom stereocenters. The Morgan fingerprint density at radius 3 is 2.71 bits per heavy atom. The van der Waals surface area contributed by atoms with E-state index in [1.54, 1.807) is 0 Å². The van der Waals surface area contributed by atoms with E-state index in [4.69, 9.17) is 5.84 Å². The van der Waals surface area contributed by atoms with E-state index in [1.807, 2.05) is 6.92 Å². The lowest BCUT2D eigenvalue weighted by atomic mass is 10.2. The molecule has 82 valence electrons. The Morgan fingerprint density at radius 2 is 2.29 bits per heavy atom. The van der Waals surface area contributed by atoms with Gasteiger partial charge < -0.3 is 0 Å². The van der Waals surface area contributed by atoms with Crippen molar-refractivity contribution in [3.63, 3.8) is 0 Å². The second-order valence-corrected chi connectivity index (χ2v) is 4.01. The third-order valence-corrected chi connectivity index (χ3v) is 2.80. The fourth-order valence-electron chi connectivity index (χ4n) is 1.71. The number of unbranched alkanes of at least 4 members (excludes halogenated alkanes) is 1. The molecule has 1 amide bonds. The molecule has 1 aliphatic rings. The molecule has 1 rings (SSSR count). The van der Waals surface area contributed by atoms with E-state index in [0.717, 1.165) is 13.0 Å². The second-order valence-electron chi connectivity index (χ2n) is 4.01. The zero-order chi connectivity index (χ0) is 10.6. The lowest BCUT2D eigenvalue weighted by Crippen LogP contribution is -2.48. The Labute approximate surface area is 85.8 Å². The van der Waals surface area contributed by atoms with E-state index in [-0.39, 0.29) is 11.9 Å². The Bertz CT molecular complexity index is 192. The SMILES string of the molecule is CCCCN(C1CC1)C(C)C(=O)NN. The van der Waals surface area contributed by atoms with Crippen molar-refractivity contribution in [3.8, 4) is 0 Å². The standard InChI is InChI=1S/C10H21N3O/c1-3-4-7-13(9-5-6-9)8(2)10(14)12-11/h8-9H,3-7,11H2,1-2H3,(H,12,14). The van der Waals surface area contributed by atoms with Crippen LogP contribution in [0.4, 0.5) is 0 Å². The van der Waals surface area contributed by atoms with Crippen molar-refractivity contribution in [3.05, 3.63) is 0 Å². The van der Waals surface area contributed by atoms with Crippen molar-refractivity contribution in [2.75, 3.05) is 6.54 Å². The number of nitrogens with one attached hydrogen (secondary N) is 1. The molecule has 1 saturated carbocycles. The summed E-state index contributed by atoms with van der Waals surface area (Å²) < 4.78 is 0. The number of rotatable bonds is 6. The van der Waals surface area contributed by atoms with Gasteiger partial charge in [-0.25, -0.2) is 5.84 Å². The minimum Gasteiger partial charge on any atom is -0.293 e. The van der Waals surface area contributed by atoms with Crippen molar-refractivity contribution in [1.82, 2.24) is 10.3 Å². The first-order chi connectivity index (χ1) is 6.70. The van der Waals surface area contributed by atoms with Crippen molar-refractivity contribution in [2.24, 2.45) is 5.84 Å². The minimum atomic E-state index is -0.0842. The molecule has 0 bridgehead atoms. The first-order valence-electron chi connectivity index (χ1n) is 5.47. The average Bonchev–Trinajstić information content (AvgIpc) is 3.01. The fraction of sp³-hybridized carbons (Fsp3) is 0.900. The van der Waals surface area contributed by atoms with Gasteiger partial charge in [-0.3, -0.25) is 15.1 Å². The average molecular weight is 199 g/mol. The maximum atomic E-state index is 11.4. The van der Waals surface area contributed by atoms with Crippen molar-refractivity contribution < 1.29 is 4.79 Å². The smallest absolute Gasteiger partial charge is 0.250 e. The molecule has 0 aromatic rings. The maximum absolute atomic E-state index is 11.4. The Hall–Kier alpha value is -0.610. The molecular formula is C10H21N3O. The van der Waals surface area contributed by atoms with Gasteiger partial charge in [-0.2, -0.15) is 0 Å². The molecule has 1 unspecified atom stereocenters. The van der Waals surface area contributed by atoms with Crippen molar-refractivity contribution in [2.45, 2.75) is 51.6 Å². The maximum Gasteiger partial charge on any atom is 0.250 e. The highest BCUT2D eigenvalue weighted by atomic mass is 16.2. The summed E-state index contributed by atoms with van der Waals surface area (Å²) in [6.07, 6.45) is 4.77. The van der Waals surface area contributed by atoms with Crippen LogP contribution in [0.25, 0.3) is 0 Å². The molecule has 14 heavy (non-hydrogen) atoms. The molecule has 0 spiro atoms. The van der Waals surface area contributed by atoms with E-state index in [0.29, 0.717) is 6.04 Å². The van der Waals surface area contributed by atoms with Crippen LogP contribution in [0.5, 0.6) is 0 Å². The summed E-state index contributed by atoms with van der Waals surface area (Å²) in [4.78, 5) is 13.6. The summed E-state index contributed by atoms with van der Waals surface area (Å²) in [5.74, 6) is 5.06. The van der Waals surface area contributed by atoms with Gasteiger partial charge in [0.05, 0.1) is 6.04 Å². The van der Waals surface area contributed by atoms with Gasteiger partial charge in [0.25, 0.3) is 5.91 Å². The number of carbonyl (C=O) groups is 1. The molecule has 0 radical (unpaired) electrons. The van der Waals surface area contributed by atoms with Crippen LogP contribution in [-0.4, -0.2) is 29.4 Å². The lowest BCUT2D eigenvalue weighted by molar-refractivity contribution is -0.126. The molecule has 3 N–H and O–H groups in total. The largest absolute Gasteiger partial charge is 0.293 e. The normalized spacial score (nSPS) is 18.3. The van der Waals surface area contributed by atoms with Gasteiger partial charge in [-0.15, -0.1) is 0 Å². The molecule has 1 aliphatic carbocycles. The summed E-state index contributed by atoms with van der Waals surface area (Å²) in [5, 5.41) is 0. The number of hydrazine groups is 1. The molecule has 0 aromatic carbocycles. The highest BCUT2D eigenvalue weighted by Crippen LogP contribution is 2.28. The first kappa shape index (κ1) is 11.5. The number of hydrogen-bond donors (Lipinski definition) is 2. The van der Waals surface area contributed by atoms with Gasteiger partial charge in [0.2, 0.25) is 0 Å². The highest BCUT2D eigenvalue weighted by molar-refractivity contribution is 5.80. The van der Waals surface area contributed by atoms with Crippen molar-refractivity contribution in [1.29, 1.82) is 0 Å². The summed E-state index contributed by atoms with van der Waals surface area (Å²) in [6.45, 7) is 5.10. The third kappa shape index (κ3) is 2.96. The van der Waals surface area contributed by atoms with E-state index < -0.39 is 0 Å². The lowest BCUT2D eigenvalue weighted by Gasteiger charge is -2.27. The minimum absolute atomic E-state index is 0.0759. The van der Waals surface area contributed by atoms with Gasteiger partial charge in [0, 0.05) is 6.04 Å². The fourth-order valence-corrected chi connectivity index (χ4v) is 1.71. The van der Waals surface area contributed by atoms with E-state index >= 15 is 0 Å². The third-order valence-electron chi connectivity index (χ3n) is 2.80. The molecule has 0 heterocycles.